The van der Waals surface area contributed by atoms with Gasteiger partial charge in [-0.2, -0.15) is 13.2 Å². The van der Waals surface area contributed by atoms with Crippen molar-refractivity contribution in [3.05, 3.63) is 46.6 Å². The number of ether oxygens (including phenoxy) is 2. The molecule has 4 atom stereocenters. The van der Waals surface area contributed by atoms with E-state index in [0.29, 0.717) is 12.0 Å². The third-order valence-corrected chi connectivity index (χ3v) is 5.88. The molecule has 1 aromatic carbocycles. The number of aryl methyl sites for hydroxylation is 1. The predicted octanol–water partition coefficient (Wildman–Crippen LogP) is 1.72. The van der Waals surface area contributed by atoms with Gasteiger partial charge in [-0.3, -0.25) is 0 Å². The zero-order valence-electron chi connectivity index (χ0n) is 18.8. The number of alkyl halides is 5. The van der Waals surface area contributed by atoms with Gasteiger partial charge in [-0.05, 0) is 17.5 Å². The van der Waals surface area contributed by atoms with Crippen LogP contribution in [0.15, 0.2) is 24.3 Å². The van der Waals surface area contributed by atoms with Gasteiger partial charge in [0.25, 0.3) is 5.79 Å². The summed E-state index contributed by atoms with van der Waals surface area (Å²) in [7, 11) is 0. The highest BCUT2D eigenvalue weighted by Crippen LogP contribution is 2.41. The van der Waals surface area contributed by atoms with Gasteiger partial charge in [0, 0.05) is 6.42 Å². The molecule has 13 heteroatoms. The molecule has 196 valence electrons. The molecule has 4 N–H and O–H groups in total. The minimum absolute atomic E-state index is 0.122. The van der Waals surface area contributed by atoms with Gasteiger partial charge in [0.15, 0.2) is 5.69 Å². The molecule has 0 amide bonds. The van der Waals surface area contributed by atoms with Crippen molar-refractivity contribution in [2.24, 2.45) is 0 Å². The van der Waals surface area contributed by atoms with Crippen molar-refractivity contribution in [1.82, 2.24) is 9.78 Å². The number of rotatable bonds is 9. The van der Waals surface area contributed by atoms with Crippen LogP contribution in [0.1, 0.15) is 35.3 Å². The predicted molar refractivity (Wildman–Crippen MR) is 111 cm³/mol. The van der Waals surface area contributed by atoms with Crippen LogP contribution in [0.4, 0.5) is 22.0 Å². The van der Waals surface area contributed by atoms with Crippen molar-refractivity contribution in [1.29, 1.82) is 0 Å². The standard InChI is InChI=1S/C22H27F5N2O6/c1-2-12-3-5-13(6-4-12)7-15-18(22(25,26)27)29(14(8-23)9-24)28-20(15)35-21(33)11-34-16(10-30)17(31)19(21)32/h3-6,14,16-17,19,30-33H,2,7-11H2,1H3. The van der Waals surface area contributed by atoms with Gasteiger partial charge >= 0.3 is 6.18 Å². The highest BCUT2D eigenvalue weighted by Gasteiger charge is 2.52. The molecule has 1 aromatic heterocycles. The van der Waals surface area contributed by atoms with Gasteiger partial charge < -0.3 is 29.9 Å². The summed E-state index contributed by atoms with van der Waals surface area (Å²) in [6.07, 6.45) is -10.1. The maximum absolute atomic E-state index is 14.1. The van der Waals surface area contributed by atoms with Crippen LogP contribution in [-0.4, -0.2) is 80.9 Å². The van der Waals surface area contributed by atoms with Gasteiger partial charge in [0.1, 0.15) is 44.3 Å². The van der Waals surface area contributed by atoms with Crippen LogP contribution in [0.25, 0.3) is 0 Å². The van der Waals surface area contributed by atoms with Crippen LogP contribution >= 0.6 is 0 Å². The SMILES string of the molecule is CCc1ccc(Cc2c(OC3(O)COC(CO)C(O)C3O)nn(C(CF)CF)c2C(F)(F)F)cc1. The fourth-order valence-electron chi connectivity index (χ4n) is 3.82. The molecule has 4 unspecified atom stereocenters. The summed E-state index contributed by atoms with van der Waals surface area (Å²) in [5, 5.41) is 44.0. The second kappa shape index (κ2) is 10.7. The van der Waals surface area contributed by atoms with E-state index in [1.807, 2.05) is 6.92 Å². The fourth-order valence-corrected chi connectivity index (χ4v) is 3.82. The molecule has 1 saturated heterocycles. The normalized spacial score (nSPS) is 25.3. The Labute approximate surface area is 197 Å². The number of hydrogen-bond donors (Lipinski definition) is 4. The number of nitrogens with zero attached hydrogens (tertiary/aromatic N) is 2. The first-order valence-electron chi connectivity index (χ1n) is 10.9. The molecule has 0 radical (unpaired) electrons. The van der Waals surface area contributed by atoms with E-state index in [-0.39, 0.29) is 4.68 Å². The Balaban J connectivity index is 2.11. The lowest BCUT2D eigenvalue weighted by molar-refractivity contribution is -0.308. The quantitative estimate of drug-likeness (QED) is 0.300. The summed E-state index contributed by atoms with van der Waals surface area (Å²) >= 11 is 0. The number of aromatic nitrogens is 2. The van der Waals surface area contributed by atoms with Crippen molar-refractivity contribution in [3.8, 4) is 5.88 Å². The zero-order valence-corrected chi connectivity index (χ0v) is 18.8. The van der Waals surface area contributed by atoms with Crippen LogP contribution in [-0.2, 0) is 23.8 Å². The minimum Gasteiger partial charge on any atom is -0.438 e. The van der Waals surface area contributed by atoms with Gasteiger partial charge in [-0.1, -0.05) is 31.2 Å². The Bertz CT molecular complexity index is 982. The molecule has 0 saturated carbocycles. The van der Waals surface area contributed by atoms with Crippen molar-refractivity contribution in [2.45, 2.75) is 56.1 Å². The summed E-state index contributed by atoms with van der Waals surface area (Å²) in [6, 6.07) is 4.64. The molecular weight excluding hydrogens is 483 g/mol. The van der Waals surface area contributed by atoms with E-state index in [2.05, 4.69) is 5.10 Å². The molecule has 0 bridgehead atoms. The van der Waals surface area contributed by atoms with Crippen LogP contribution in [0.3, 0.4) is 0 Å². The lowest BCUT2D eigenvalue weighted by atomic mass is 9.97. The second-order valence-corrected chi connectivity index (χ2v) is 8.30. The van der Waals surface area contributed by atoms with Crippen LogP contribution in [0.5, 0.6) is 5.88 Å². The number of aliphatic hydroxyl groups excluding tert-OH is 3. The Morgan fingerprint density at radius 2 is 1.77 bits per heavy atom. The molecule has 8 nitrogen and oxygen atoms in total. The molecule has 35 heavy (non-hydrogen) atoms. The fraction of sp³-hybridized carbons (Fsp3) is 0.591. The van der Waals surface area contributed by atoms with Crippen LogP contribution in [0.2, 0.25) is 0 Å². The average Bonchev–Trinajstić information content (AvgIpc) is 3.16. The summed E-state index contributed by atoms with van der Waals surface area (Å²) in [5.74, 6) is -3.61. The van der Waals surface area contributed by atoms with E-state index < -0.39 is 86.4 Å². The number of hydrogen-bond acceptors (Lipinski definition) is 7. The maximum Gasteiger partial charge on any atom is 0.433 e. The molecule has 1 fully saturated rings. The first-order valence-corrected chi connectivity index (χ1v) is 10.9. The molecular formula is C22H27F5N2O6. The largest absolute Gasteiger partial charge is 0.438 e. The smallest absolute Gasteiger partial charge is 0.433 e. The third-order valence-electron chi connectivity index (χ3n) is 5.88. The van der Waals surface area contributed by atoms with Gasteiger partial charge in [0.2, 0.25) is 5.88 Å². The molecule has 3 rings (SSSR count). The van der Waals surface area contributed by atoms with Gasteiger partial charge in [-0.25, -0.2) is 13.5 Å². The van der Waals surface area contributed by atoms with E-state index in [1.165, 1.54) is 0 Å². The van der Waals surface area contributed by atoms with Gasteiger partial charge in [0.05, 0.1) is 12.2 Å². The number of halogens is 5. The van der Waals surface area contributed by atoms with E-state index >= 15 is 0 Å². The minimum atomic E-state index is -5.11. The zero-order chi connectivity index (χ0) is 26.0. The summed E-state index contributed by atoms with van der Waals surface area (Å²) in [6.45, 7) is -2.66. The van der Waals surface area contributed by atoms with Gasteiger partial charge in [-0.15, -0.1) is 5.10 Å². The summed E-state index contributed by atoms with van der Waals surface area (Å²) in [4.78, 5) is 0. The van der Waals surface area contributed by atoms with Crippen molar-refractivity contribution in [3.63, 3.8) is 0 Å². The summed E-state index contributed by atoms with van der Waals surface area (Å²) in [5.41, 5.74) is -0.790. The Morgan fingerprint density at radius 3 is 2.29 bits per heavy atom. The molecule has 2 aromatic rings. The third kappa shape index (κ3) is 5.59. The first kappa shape index (κ1) is 27.3. The van der Waals surface area contributed by atoms with E-state index in [1.54, 1.807) is 24.3 Å². The van der Waals surface area contributed by atoms with E-state index in [9.17, 15) is 42.4 Å². The molecule has 0 spiro atoms. The second-order valence-electron chi connectivity index (χ2n) is 8.30. The first-order chi connectivity index (χ1) is 16.5. The molecule has 2 heterocycles. The van der Waals surface area contributed by atoms with E-state index in [4.69, 9.17) is 9.47 Å². The molecule has 1 aliphatic heterocycles. The monoisotopic (exact) mass is 510 g/mol. The highest BCUT2D eigenvalue weighted by molar-refractivity contribution is 5.40. The topological polar surface area (TPSA) is 117 Å². The maximum atomic E-state index is 14.1. The van der Waals surface area contributed by atoms with E-state index in [0.717, 1.165) is 5.56 Å². The molecule has 1 aliphatic rings. The van der Waals surface area contributed by atoms with Crippen molar-refractivity contribution >= 4 is 0 Å². The Morgan fingerprint density at radius 1 is 1.17 bits per heavy atom. The lowest BCUT2D eigenvalue weighted by Crippen LogP contribution is -2.64. The van der Waals surface area contributed by atoms with Crippen LogP contribution < -0.4 is 4.74 Å². The Hall–Kier alpha value is -2.32. The van der Waals surface area contributed by atoms with Crippen molar-refractivity contribution < 1.29 is 51.9 Å². The number of aliphatic hydroxyl groups is 4. The van der Waals surface area contributed by atoms with Crippen molar-refractivity contribution in [2.75, 3.05) is 26.6 Å². The lowest BCUT2D eigenvalue weighted by Gasteiger charge is -2.41. The Kier molecular flexibility index (Phi) is 8.37. The molecule has 0 aliphatic carbocycles. The average molecular weight is 510 g/mol. The number of benzene rings is 1. The highest BCUT2D eigenvalue weighted by atomic mass is 19.4. The van der Waals surface area contributed by atoms with Crippen LogP contribution in [0, 0.1) is 0 Å². The summed E-state index contributed by atoms with van der Waals surface area (Å²) < 4.78 is 79.7.